The summed E-state index contributed by atoms with van der Waals surface area (Å²) in [6.07, 6.45) is 1.37. The highest BCUT2D eigenvalue weighted by atomic mass is 32.2. The average Bonchev–Trinajstić information content (AvgIpc) is 3.10. The van der Waals surface area contributed by atoms with Crippen molar-refractivity contribution in [1.82, 2.24) is 19.3 Å². The molecule has 0 saturated carbocycles. The Morgan fingerprint density at radius 1 is 1.30 bits per heavy atom. The topological polar surface area (TPSA) is 109 Å². The zero-order valence-corrected chi connectivity index (χ0v) is 13.3. The fourth-order valence-corrected chi connectivity index (χ4v) is 3.01. The molecule has 1 amide bonds. The molecule has 3 aromatic rings. The molecule has 0 unspecified atom stereocenters. The molecule has 0 saturated heterocycles. The van der Waals surface area contributed by atoms with Crippen LogP contribution in [0.15, 0.2) is 41.4 Å². The summed E-state index contributed by atoms with van der Waals surface area (Å²) in [6.45, 7) is 0. The Bertz CT molecular complexity index is 954. The van der Waals surface area contributed by atoms with E-state index in [0.29, 0.717) is 5.95 Å². The van der Waals surface area contributed by atoms with E-state index in [-0.39, 0.29) is 10.6 Å². The Hall–Kier alpha value is -2.65. The van der Waals surface area contributed by atoms with Gasteiger partial charge in [0.2, 0.25) is 16.0 Å². The van der Waals surface area contributed by atoms with Crippen LogP contribution < -0.4 is 10.0 Å². The quantitative estimate of drug-likeness (QED) is 0.663. The monoisotopic (exact) mass is 333 g/mol. The third-order valence-corrected chi connectivity index (χ3v) is 4.79. The Kier molecular flexibility index (Phi) is 3.66. The van der Waals surface area contributed by atoms with E-state index < -0.39 is 15.9 Å². The number of hydrogen-bond acceptors (Lipinski definition) is 4. The molecule has 9 heteroatoms. The van der Waals surface area contributed by atoms with E-state index >= 15 is 0 Å². The maximum atomic E-state index is 12.3. The molecular weight excluding hydrogens is 318 g/mol. The van der Waals surface area contributed by atoms with Crippen LogP contribution in [0.2, 0.25) is 0 Å². The molecule has 0 radical (unpaired) electrons. The van der Waals surface area contributed by atoms with Crippen LogP contribution in [0, 0.1) is 0 Å². The number of carbonyl (C=O) groups excluding carboxylic acids is 1. The summed E-state index contributed by atoms with van der Waals surface area (Å²) in [5.41, 5.74) is 1.74. The Labute approximate surface area is 132 Å². The van der Waals surface area contributed by atoms with E-state index in [1.54, 1.807) is 7.05 Å². The molecule has 3 N–H and O–H groups in total. The number of fused-ring (bicyclic) bond motifs is 1. The zero-order chi connectivity index (χ0) is 16.6. The fraction of sp³-hybridized carbons (Fsp3) is 0.143. The highest BCUT2D eigenvalue weighted by Gasteiger charge is 2.19. The number of nitrogens with zero attached hydrogens (tertiary/aromatic N) is 2. The highest BCUT2D eigenvalue weighted by molar-refractivity contribution is 7.89. The van der Waals surface area contributed by atoms with Gasteiger partial charge < -0.3 is 9.55 Å². The van der Waals surface area contributed by atoms with Gasteiger partial charge in [0, 0.05) is 13.2 Å². The van der Waals surface area contributed by atoms with E-state index in [1.165, 1.54) is 23.9 Å². The van der Waals surface area contributed by atoms with Gasteiger partial charge in [-0.3, -0.25) is 10.1 Å². The lowest BCUT2D eigenvalue weighted by Gasteiger charge is -2.02. The van der Waals surface area contributed by atoms with Gasteiger partial charge in [-0.25, -0.2) is 18.1 Å². The van der Waals surface area contributed by atoms with Gasteiger partial charge in [-0.05, 0) is 25.2 Å². The van der Waals surface area contributed by atoms with Crippen LogP contribution in [0.4, 0.5) is 5.95 Å². The fourth-order valence-electron chi connectivity index (χ4n) is 2.21. The lowest BCUT2D eigenvalue weighted by atomic mass is 10.3. The van der Waals surface area contributed by atoms with Crippen molar-refractivity contribution in [3.8, 4) is 0 Å². The van der Waals surface area contributed by atoms with Gasteiger partial charge in [0.05, 0.1) is 11.0 Å². The lowest BCUT2D eigenvalue weighted by Crippen LogP contribution is -2.18. The number of para-hydroxylation sites is 2. The highest BCUT2D eigenvalue weighted by Crippen LogP contribution is 2.16. The number of aromatic amines is 1. The Balaban J connectivity index is 1.89. The standard InChI is InChI=1S/C14H15N5O3S/c1-15-23(21,22)9-7-12(19(2)8-9)13(20)18-14-16-10-5-3-4-6-11(10)17-14/h3-8,15H,1-2H3,(H2,16,17,18,20). The first-order valence-corrected chi connectivity index (χ1v) is 8.25. The molecule has 0 aliphatic rings. The minimum absolute atomic E-state index is 0.0252. The number of rotatable bonds is 4. The first-order valence-electron chi connectivity index (χ1n) is 6.77. The minimum atomic E-state index is -3.60. The normalized spacial score (nSPS) is 11.7. The van der Waals surface area contributed by atoms with Crippen LogP contribution in [-0.2, 0) is 17.1 Å². The van der Waals surface area contributed by atoms with E-state index in [1.807, 2.05) is 24.3 Å². The molecule has 2 heterocycles. The molecule has 1 aromatic carbocycles. The largest absolute Gasteiger partial charge is 0.345 e. The Morgan fingerprint density at radius 3 is 2.74 bits per heavy atom. The molecule has 0 bridgehead atoms. The molecule has 0 spiro atoms. The van der Waals surface area contributed by atoms with E-state index in [4.69, 9.17) is 0 Å². The summed E-state index contributed by atoms with van der Waals surface area (Å²) >= 11 is 0. The molecule has 0 fully saturated rings. The summed E-state index contributed by atoms with van der Waals surface area (Å²) in [6, 6.07) is 8.68. The molecule has 0 aliphatic heterocycles. The van der Waals surface area contributed by atoms with Crippen LogP contribution in [0.1, 0.15) is 10.5 Å². The van der Waals surface area contributed by atoms with Crippen LogP contribution in [-0.4, -0.2) is 35.9 Å². The molecular formula is C14H15N5O3S. The van der Waals surface area contributed by atoms with Crippen LogP contribution in [0.3, 0.4) is 0 Å². The van der Waals surface area contributed by atoms with E-state index in [0.717, 1.165) is 11.0 Å². The number of sulfonamides is 1. The maximum absolute atomic E-state index is 12.3. The number of aryl methyl sites for hydroxylation is 1. The molecule has 23 heavy (non-hydrogen) atoms. The summed E-state index contributed by atoms with van der Waals surface area (Å²) in [5, 5.41) is 2.63. The number of hydrogen-bond donors (Lipinski definition) is 3. The summed E-state index contributed by atoms with van der Waals surface area (Å²) in [4.78, 5) is 19.6. The van der Waals surface area contributed by atoms with E-state index in [2.05, 4.69) is 20.0 Å². The molecule has 0 aliphatic carbocycles. The Morgan fingerprint density at radius 2 is 2.04 bits per heavy atom. The average molecular weight is 333 g/mol. The van der Waals surface area contributed by atoms with Gasteiger partial charge in [0.25, 0.3) is 5.91 Å². The number of aromatic nitrogens is 3. The SMILES string of the molecule is CNS(=O)(=O)c1cc(C(=O)Nc2nc3ccccc3[nH]2)n(C)c1. The molecule has 0 atom stereocenters. The van der Waals surface area contributed by atoms with Crippen molar-refractivity contribution in [2.45, 2.75) is 4.90 Å². The van der Waals surface area contributed by atoms with Gasteiger partial charge in [-0.2, -0.15) is 0 Å². The lowest BCUT2D eigenvalue weighted by molar-refractivity contribution is 0.101. The molecule has 8 nitrogen and oxygen atoms in total. The second kappa shape index (κ2) is 5.52. The van der Waals surface area contributed by atoms with Gasteiger partial charge in [-0.15, -0.1) is 0 Å². The van der Waals surface area contributed by atoms with Crippen molar-refractivity contribution >= 4 is 32.9 Å². The van der Waals surface area contributed by atoms with Crippen molar-refractivity contribution in [2.75, 3.05) is 12.4 Å². The predicted molar refractivity (Wildman–Crippen MR) is 85.7 cm³/mol. The summed E-state index contributed by atoms with van der Waals surface area (Å²) in [5.74, 6) is -0.153. The summed E-state index contributed by atoms with van der Waals surface area (Å²) < 4.78 is 27.2. The number of carbonyl (C=O) groups is 1. The van der Waals surface area contributed by atoms with Crippen molar-refractivity contribution in [2.24, 2.45) is 7.05 Å². The van der Waals surface area contributed by atoms with Gasteiger partial charge in [0.15, 0.2) is 0 Å². The number of benzene rings is 1. The van der Waals surface area contributed by atoms with Crippen LogP contribution >= 0.6 is 0 Å². The van der Waals surface area contributed by atoms with Crippen molar-refractivity contribution < 1.29 is 13.2 Å². The number of imidazole rings is 1. The minimum Gasteiger partial charge on any atom is -0.345 e. The predicted octanol–water partition coefficient (Wildman–Crippen LogP) is 1.06. The number of anilines is 1. The number of nitrogens with one attached hydrogen (secondary N) is 3. The summed E-state index contributed by atoms with van der Waals surface area (Å²) in [7, 11) is -0.686. The smallest absolute Gasteiger partial charge is 0.274 e. The van der Waals surface area contributed by atoms with Crippen molar-refractivity contribution in [3.05, 3.63) is 42.2 Å². The van der Waals surface area contributed by atoms with Gasteiger partial charge in [-0.1, -0.05) is 12.1 Å². The molecule has 3 rings (SSSR count). The first kappa shape index (κ1) is 15.3. The van der Waals surface area contributed by atoms with E-state index in [9.17, 15) is 13.2 Å². The number of H-pyrrole nitrogens is 1. The molecule has 2 aromatic heterocycles. The van der Waals surface area contributed by atoms with Crippen molar-refractivity contribution in [1.29, 1.82) is 0 Å². The zero-order valence-electron chi connectivity index (χ0n) is 12.5. The van der Waals surface area contributed by atoms with Crippen LogP contribution in [0.5, 0.6) is 0 Å². The van der Waals surface area contributed by atoms with Crippen LogP contribution in [0.25, 0.3) is 11.0 Å². The number of amides is 1. The third-order valence-electron chi connectivity index (χ3n) is 3.41. The van der Waals surface area contributed by atoms with Crippen molar-refractivity contribution in [3.63, 3.8) is 0 Å². The second-order valence-corrected chi connectivity index (χ2v) is 6.82. The second-order valence-electron chi connectivity index (χ2n) is 4.94. The molecule has 120 valence electrons. The third kappa shape index (κ3) is 2.83. The van der Waals surface area contributed by atoms with Gasteiger partial charge in [0.1, 0.15) is 10.6 Å². The first-order chi connectivity index (χ1) is 10.9. The maximum Gasteiger partial charge on any atom is 0.274 e. The van der Waals surface area contributed by atoms with Gasteiger partial charge >= 0.3 is 0 Å².